The summed E-state index contributed by atoms with van der Waals surface area (Å²) in [4.78, 5) is 20.8. The zero-order chi connectivity index (χ0) is 12.7. The lowest BCUT2D eigenvalue weighted by molar-refractivity contribution is -0.385. The Hall–Kier alpha value is -2.17. The minimum Gasteiger partial charge on any atom is -0.487 e. The summed E-state index contributed by atoms with van der Waals surface area (Å²) in [5.74, 6) is 0.128. The van der Waals surface area contributed by atoms with Gasteiger partial charge < -0.3 is 4.74 Å². The molecule has 1 rings (SSSR count). The first kappa shape index (κ1) is 12.9. The first-order valence-electron chi connectivity index (χ1n) is 5.16. The van der Waals surface area contributed by atoms with Crippen molar-refractivity contribution >= 4 is 12.0 Å². The molecule has 0 heterocycles. The fraction of sp³-hybridized carbons (Fsp3) is 0.250. The Morgan fingerprint density at radius 2 is 2.24 bits per heavy atom. The molecule has 5 heteroatoms. The number of nitro groups is 1. The highest BCUT2D eigenvalue weighted by Crippen LogP contribution is 2.27. The van der Waals surface area contributed by atoms with Crippen LogP contribution in [0.3, 0.4) is 0 Å². The van der Waals surface area contributed by atoms with Gasteiger partial charge in [0.05, 0.1) is 11.5 Å². The molecule has 0 radical (unpaired) electrons. The number of allylic oxidation sites excluding steroid dienone is 1. The molecule has 90 valence electrons. The summed E-state index contributed by atoms with van der Waals surface area (Å²) in [7, 11) is 0. The van der Waals surface area contributed by atoms with Crippen LogP contribution < -0.4 is 4.74 Å². The maximum Gasteiger partial charge on any atom is 0.310 e. The smallest absolute Gasteiger partial charge is 0.310 e. The number of aldehydes is 1. The maximum atomic E-state index is 10.7. The van der Waals surface area contributed by atoms with Crippen LogP contribution >= 0.6 is 0 Å². The van der Waals surface area contributed by atoms with Crippen molar-refractivity contribution in [2.45, 2.75) is 12.8 Å². The largest absolute Gasteiger partial charge is 0.487 e. The van der Waals surface area contributed by atoms with Crippen molar-refractivity contribution in [2.75, 3.05) is 6.61 Å². The molecule has 0 fully saturated rings. The minimum atomic E-state index is -0.530. The second-order valence-corrected chi connectivity index (χ2v) is 3.38. The van der Waals surface area contributed by atoms with Gasteiger partial charge in [-0.2, -0.15) is 0 Å². The van der Waals surface area contributed by atoms with Crippen LogP contribution in [0.5, 0.6) is 5.75 Å². The van der Waals surface area contributed by atoms with Crippen molar-refractivity contribution in [1.29, 1.82) is 0 Å². The predicted molar refractivity (Wildman–Crippen MR) is 63.4 cm³/mol. The normalized spacial score (nSPS) is 9.65. The summed E-state index contributed by atoms with van der Waals surface area (Å²) >= 11 is 0. The van der Waals surface area contributed by atoms with Crippen LogP contribution in [-0.4, -0.2) is 17.8 Å². The van der Waals surface area contributed by atoms with Crippen molar-refractivity contribution in [3.05, 3.63) is 46.5 Å². The number of benzene rings is 1. The second kappa shape index (κ2) is 6.42. The zero-order valence-electron chi connectivity index (χ0n) is 9.30. The van der Waals surface area contributed by atoms with E-state index in [1.807, 2.05) is 0 Å². The molecule has 0 spiro atoms. The summed E-state index contributed by atoms with van der Waals surface area (Å²) in [5, 5.41) is 10.7. The Kier molecular flexibility index (Phi) is 4.87. The van der Waals surface area contributed by atoms with E-state index in [2.05, 4.69) is 6.58 Å². The molecule has 0 N–H and O–H groups in total. The predicted octanol–water partition coefficient (Wildman–Crippen LogP) is 2.75. The molecule has 0 saturated carbocycles. The fourth-order valence-electron chi connectivity index (χ4n) is 1.28. The molecule has 0 amide bonds. The number of nitrogens with zero attached hydrogens (tertiary/aromatic N) is 1. The van der Waals surface area contributed by atoms with Gasteiger partial charge in [-0.15, -0.1) is 6.58 Å². The average Bonchev–Trinajstić information content (AvgIpc) is 2.34. The average molecular weight is 235 g/mol. The van der Waals surface area contributed by atoms with E-state index in [9.17, 15) is 14.9 Å². The lowest BCUT2D eigenvalue weighted by Crippen LogP contribution is -2.01. The summed E-state index contributed by atoms with van der Waals surface area (Å²) in [5.41, 5.74) is 0.225. The molecule has 1 aromatic carbocycles. The number of unbranched alkanes of at least 4 members (excludes halogenated alkanes) is 1. The van der Waals surface area contributed by atoms with Crippen LogP contribution in [0.2, 0.25) is 0 Å². The Labute approximate surface area is 98.9 Å². The second-order valence-electron chi connectivity index (χ2n) is 3.38. The van der Waals surface area contributed by atoms with Crippen LogP contribution in [0.15, 0.2) is 30.9 Å². The van der Waals surface area contributed by atoms with Crippen molar-refractivity contribution in [3.63, 3.8) is 0 Å². The number of rotatable bonds is 7. The molecule has 0 aliphatic carbocycles. The monoisotopic (exact) mass is 235 g/mol. The van der Waals surface area contributed by atoms with Crippen LogP contribution in [0.4, 0.5) is 5.69 Å². The first-order chi connectivity index (χ1) is 8.19. The molecule has 5 nitrogen and oxygen atoms in total. The number of nitro benzene ring substituents is 1. The van der Waals surface area contributed by atoms with E-state index in [1.54, 1.807) is 6.08 Å². The highest BCUT2D eigenvalue weighted by molar-refractivity contribution is 5.76. The van der Waals surface area contributed by atoms with Gasteiger partial charge in [-0.25, -0.2) is 0 Å². The van der Waals surface area contributed by atoms with Crippen LogP contribution in [-0.2, 0) is 0 Å². The van der Waals surface area contributed by atoms with Gasteiger partial charge in [0.2, 0.25) is 0 Å². The maximum absolute atomic E-state index is 10.7. The van der Waals surface area contributed by atoms with Crippen LogP contribution in [0.1, 0.15) is 23.2 Å². The molecule has 0 aliphatic rings. The number of carbonyl (C=O) groups excluding carboxylic acids is 1. The van der Waals surface area contributed by atoms with Gasteiger partial charge in [0.1, 0.15) is 6.29 Å². The number of ether oxygens (including phenoxy) is 1. The number of hydrogen-bond donors (Lipinski definition) is 0. The van der Waals surface area contributed by atoms with Gasteiger partial charge in [-0.1, -0.05) is 6.08 Å². The number of hydrogen-bond acceptors (Lipinski definition) is 4. The molecule has 0 saturated heterocycles. The lowest BCUT2D eigenvalue weighted by atomic mass is 10.2. The van der Waals surface area contributed by atoms with Gasteiger partial charge >= 0.3 is 5.69 Å². The van der Waals surface area contributed by atoms with Crippen molar-refractivity contribution in [2.24, 2.45) is 0 Å². The molecule has 0 bridgehead atoms. The topological polar surface area (TPSA) is 69.4 Å². The van der Waals surface area contributed by atoms with Gasteiger partial charge in [-0.05, 0) is 25.0 Å². The van der Waals surface area contributed by atoms with E-state index in [1.165, 1.54) is 18.2 Å². The highest BCUT2D eigenvalue weighted by atomic mass is 16.6. The molecule has 0 atom stereocenters. The Morgan fingerprint density at radius 3 is 2.82 bits per heavy atom. The molecular weight excluding hydrogens is 222 g/mol. The van der Waals surface area contributed by atoms with Crippen LogP contribution in [0.25, 0.3) is 0 Å². The standard InChI is InChI=1S/C12H13NO4/c1-2-3-4-7-17-12-8-10(9-14)5-6-11(12)13(15)16/h2,5-6,8-9H,1,3-4,7H2. The lowest BCUT2D eigenvalue weighted by Gasteiger charge is -2.06. The molecule has 17 heavy (non-hydrogen) atoms. The highest BCUT2D eigenvalue weighted by Gasteiger charge is 2.15. The number of carbonyl (C=O) groups is 1. The molecule has 0 aliphatic heterocycles. The molecule has 1 aromatic rings. The Morgan fingerprint density at radius 1 is 1.47 bits per heavy atom. The minimum absolute atomic E-state index is 0.128. The van der Waals surface area contributed by atoms with Gasteiger partial charge in [0.15, 0.2) is 5.75 Å². The first-order valence-corrected chi connectivity index (χ1v) is 5.16. The van der Waals surface area contributed by atoms with E-state index >= 15 is 0 Å². The summed E-state index contributed by atoms with van der Waals surface area (Å²) < 4.78 is 5.29. The molecule has 0 aromatic heterocycles. The summed E-state index contributed by atoms with van der Waals surface area (Å²) in [6, 6.07) is 4.04. The van der Waals surface area contributed by atoms with E-state index in [0.29, 0.717) is 18.5 Å². The third-order valence-electron chi connectivity index (χ3n) is 2.13. The third-order valence-corrected chi connectivity index (χ3v) is 2.13. The van der Waals surface area contributed by atoms with Gasteiger partial charge in [-0.3, -0.25) is 14.9 Å². The van der Waals surface area contributed by atoms with E-state index in [4.69, 9.17) is 4.74 Å². The van der Waals surface area contributed by atoms with E-state index in [0.717, 1.165) is 12.8 Å². The molecule has 0 unspecified atom stereocenters. The summed E-state index contributed by atoms with van der Waals surface area (Å²) in [6.45, 7) is 3.92. The quantitative estimate of drug-likeness (QED) is 0.239. The van der Waals surface area contributed by atoms with Gasteiger partial charge in [0, 0.05) is 11.6 Å². The van der Waals surface area contributed by atoms with E-state index in [-0.39, 0.29) is 11.4 Å². The van der Waals surface area contributed by atoms with Crippen molar-refractivity contribution in [1.82, 2.24) is 0 Å². The molecular formula is C12H13NO4. The SMILES string of the molecule is C=CCCCOc1cc(C=O)ccc1[N+](=O)[O-]. The Bertz CT molecular complexity index is 429. The van der Waals surface area contributed by atoms with Crippen molar-refractivity contribution < 1.29 is 14.5 Å². The van der Waals surface area contributed by atoms with Crippen molar-refractivity contribution in [3.8, 4) is 5.75 Å². The van der Waals surface area contributed by atoms with Gasteiger partial charge in [0.25, 0.3) is 0 Å². The summed E-state index contributed by atoms with van der Waals surface area (Å²) in [6.07, 6.45) is 3.88. The van der Waals surface area contributed by atoms with E-state index < -0.39 is 4.92 Å². The zero-order valence-corrected chi connectivity index (χ0v) is 9.30. The van der Waals surface area contributed by atoms with Crippen LogP contribution in [0, 0.1) is 10.1 Å². The fourth-order valence-corrected chi connectivity index (χ4v) is 1.28. The third kappa shape index (κ3) is 3.71. The Balaban J connectivity index is 2.81.